The fourth-order valence-corrected chi connectivity index (χ4v) is 1.37. The van der Waals surface area contributed by atoms with E-state index in [1.54, 1.807) is 6.20 Å². The lowest BCUT2D eigenvalue weighted by atomic mass is 10.1. The average molecular weight is 257 g/mol. The van der Waals surface area contributed by atoms with Crippen LogP contribution in [0.2, 0.25) is 0 Å². The summed E-state index contributed by atoms with van der Waals surface area (Å²) >= 11 is 3.90. The first-order valence-corrected chi connectivity index (χ1v) is 5.61. The van der Waals surface area contributed by atoms with Gasteiger partial charge in [0.2, 0.25) is 11.8 Å². The second-order valence-electron chi connectivity index (χ2n) is 3.53. The van der Waals surface area contributed by atoms with Gasteiger partial charge in [0, 0.05) is 24.1 Å². The summed E-state index contributed by atoms with van der Waals surface area (Å²) in [6.07, 6.45) is 3.29. The summed E-state index contributed by atoms with van der Waals surface area (Å²) in [5, 5.41) is 2.47. The lowest BCUT2D eigenvalue weighted by Gasteiger charge is -2.16. The van der Waals surface area contributed by atoms with Crippen LogP contribution in [0, 0.1) is 0 Å². The van der Waals surface area contributed by atoms with Crippen LogP contribution in [0.1, 0.15) is 5.69 Å². The second-order valence-corrected chi connectivity index (χ2v) is 3.90. The van der Waals surface area contributed by atoms with Crippen molar-refractivity contribution in [1.82, 2.24) is 15.3 Å². The molecule has 0 radical (unpaired) electrons. The van der Waals surface area contributed by atoms with Crippen LogP contribution in [0.5, 0.6) is 0 Å². The largest absolute Gasteiger partial charge is 0.368 e. The third kappa shape index (κ3) is 4.08. The van der Waals surface area contributed by atoms with E-state index in [-0.39, 0.29) is 12.2 Å². The van der Waals surface area contributed by atoms with E-state index < -0.39 is 23.9 Å². The Kier molecular flexibility index (Phi) is 4.98. The highest BCUT2D eigenvalue weighted by molar-refractivity contribution is 7.80. The van der Waals surface area contributed by atoms with Gasteiger partial charge in [-0.3, -0.25) is 9.59 Å². The van der Waals surface area contributed by atoms with Gasteiger partial charge in [-0.05, 0) is 0 Å². The SMILES string of the molecule is NC(=O)[C@H](Cc1cnc[nH]1)NC(=O)[C@@H](N)CS. The van der Waals surface area contributed by atoms with Crippen molar-refractivity contribution in [1.29, 1.82) is 0 Å². The predicted molar refractivity (Wildman–Crippen MR) is 65.2 cm³/mol. The number of nitrogens with two attached hydrogens (primary N) is 2. The molecule has 0 fully saturated rings. The highest BCUT2D eigenvalue weighted by atomic mass is 32.1. The summed E-state index contributed by atoms with van der Waals surface area (Å²) < 4.78 is 0. The molecule has 0 aliphatic heterocycles. The van der Waals surface area contributed by atoms with Gasteiger partial charge in [0.15, 0.2) is 0 Å². The molecule has 17 heavy (non-hydrogen) atoms. The van der Waals surface area contributed by atoms with Crippen molar-refractivity contribution in [3.05, 3.63) is 18.2 Å². The highest BCUT2D eigenvalue weighted by Gasteiger charge is 2.21. The van der Waals surface area contributed by atoms with Crippen molar-refractivity contribution in [3.63, 3.8) is 0 Å². The molecule has 1 rings (SSSR count). The van der Waals surface area contributed by atoms with E-state index in [4.69, 9.17) is 11.5 Å². The standard InChI is InChI=1S/C9H15N5O2S/c10-6(3-17)9(16)14-7(8(11)15)1-5-2-12-4-13-5/h2,4,6-7,17H,1,3,10H2,(H2,11,15)(H,12,13)(H,14,16)/t6-,7-/m0/s1. The van der Waals surface area contributed by atoms with E-state index >= 15 is 0 Å². The number of aromatic amines is 1. The first-order valence-electron chi connectivity index (χ1n) is 4.98. The molecule has 0 spiro atoms. The Balaban J connectivity index is 2.61. The molecular formula is C9H15N5O2S. The summed E-state index contributed by atoms with van der Waals surface area (Å²) in [5.74, 6) is -0.885. The number of thiol groups is 1. The van der Waals surface area contributed by atoms with Crippen molar-refractivity contribution in [2.45, 2.75) is 18.5 Å². The average Bonchev–Trinajstić information content (AvgIpc) is 2.79. The fourth-order valence-electron chi connectivity index (χ4n) is 1.20. The third-order valence-corrected chi connectivity index (χ3v) is 2.57. The monoisotopic (exact) mass is 257 g/mol. The molecule has 94 valence electrons. The maximum atomic E-state index is 11.5. The van der Waals surface area contributed by atoms with E-state index in [1.165, 1.54) is 6.33 Å². The number of aromatic nitrogens is 2. The molecule has 0 aliphatic carbocycles. The minimum Gasteiger partial charge on any atom is -0.368 e. The van der Waals surface area contributed by atoms with Crippen LogP contribution < -0.4 is 16.8 Å². The number of nitrogens with one attached hydrogen (secondary N) is 2. The number of nitrogens with zero attached hydrogens (tertiary/aromatic N) is 1. The zero-order valence-electron chi connectivity index (χ0n) is 9.09. The van der Waals surface area contributed by atoms with Crippen LogP contribution in [0.3, 0.4) is 0 Å². The predicted octanol–water partition coefficient (Wildman–Crippen LogP) is -1.82. The number of imidazole rings is 1. The molecule has 2 amide bonds. The topological polar surface area (TPSA) is 127 Å². The number of hydrogen-bond acceptors (Lipinski definition) is 5. The van der Waals surface area contributed by atoms with Gasteiger partial charge in [-0.1, -0.05) is 0 Å². The first-order chi connectivity index (χ1) is 8.04. The van der Waals surface area contributed by atoms with Crippen molar-refractivity contribution in [2.24, 2.45) is 11.5 Å². The second kappa shape index (κ2) is 6.26. The molecule has 0 saturated carbocycles. The number of carbonyl (C=O) groups is 2. The summed E-state index contributed by atoms with van der Waals surface area (Å²) in [5.41, 5.74) is 11.4. The first kappa shape index (κ1) is 13.5. The Morgan fingerprint density at radius 2 is 2.29 bits per heavy atom. The number of rotatable bonds is 6. The Morgan fingerprint density at radius 3 is 2.76 bits per heavy atom. The van der Waals surface area contributed by atoms with Crippen LogP contribution in [-0.4, -0.2) is 39.6 Å². The van der Waals surface area contributed by atoms with Crippen LogP contribution in [0.15, 0.2) is 12.5 Å². The lowest BCUT2D eigenvalue weighted by molar-refractivity contribution is -0.127. The number of amides is 2. The molecule has 1 aromatic rings. The van der Waals surface area contributed by atoms with Gasteiger partial charge < -0.3 is 21.8 Å². The quantitative estimate of drug-likeness (QED) is 0.384. The lowest BCUT2D eigenvalue weighted by Crippen LogP contribution is -2.51. The molecule has 1 heterocycles. The molecule has 2 atom stereocenters. The maximum absolute atomic E-state index is 11.5. The molecule has 0 aliphatic rings. The Morgan fingerprint density at radius 1 is 1.59 bits per heavy atom. The molecule has 0 saturated heterocycles. The van der Waals surface area contributed by atoms with Crippen molar-refractivity contribution < 1.29 is 9.59 Å². The van der Waals surface area contributed by atoms with Crippen LogP contribution >= 0.6 is 12.6 Å². The maximum Gasteiger partial charge on any atom is 0.240 e. The fraction of sp³-hybridized carbons (Fsp3) is 0.444. The molecule has 1 aromatic heterocycles. The zero-order chi connectivity index (χ0) is 12.8. The number of H-pyrrole nitrogens is 1. The Labute approximate surface area is 104 Å². The molecule has 7 nitrogen and oxygen atoms in total. The third-order valence-electron chi connectivity index (χ3n) is 2.17. The molecular weight excluding hydrogens is 242 g/mol. The smallest absolute Gasteiger partial charge is 0.240 e. The van der Waals surface area contributed by atoms with Gasteiger partial charge in [0.05, 0.1) is 12.4 Å². The molecule has 0 aromatic carbocycles. The molecule has 0 bridgehead atoms. The van der Waals surface area contributed by atoms with Gasteiger partial charge in [0.1, 0.15) is 6.04 Å². The van der Waals surface area contributed by atoms with Gasteiger partial charge in [-0.2, -0.15) is 12.6 Å². The minimum atomic E-state index is -0.811. The van der Waals surface area contributed by atoms with Gasteiger partial charge in [-0.25, -0.2) is 4.98 Å². The van der Waals surface area contributed by atoms with E-state index in [2.05, 4.69) is 27.9 Å². The minimum absolute atomic E-state index is 0.196. The molecule has 6 N–H and O–H groups in total. The zero-order valence-corrected chi connectivity index (χ0v) is 9.98. The van der Waals surface area contributed by atoms with E-state index in [0.717, 1.165) is 0 Å². The summed E-state index contributed by atoms with van der Waals surface area (Å²) in [6.45, 7) is 0. The molecule has 0 unspecified atom stereocenters. The summed E-state index contributed by atoms with van der Waals surface area (Å²) in [4.78, 5) is 29.3. The molecule has 8 heteroatoms. The Bertz CT molecular complexity index is 381. The van der Waals surface area contributed by atoms with E-state index in [9.17, 15) is 9.59 Å². The number of hydrogen-bond donors (Lipinski definition) is 5. The van der Waals surface area contributed by atoms with Crippen molar-refractivity contribution in [3.8, 4) is 0 Å². The van der Waals surface area contributed by atoms with E-state index in [1.807, 2.05) is 0 Å². The van der Waals surface area contributed by atoms with Crippen molar-refractivity contribution in [2.75, 3.05) is 5.75 Å². The number of primary amides is 1. The van der Waals surface area contributed by atoms with E-state index in [0.29, 0.717) is 5.69 Å². The number of carbonyl (C=O) groups excluding carboxylic acids is 2. The van der Waals surface area contributed by atoms with Gasteiger partial charge in [0.25, 0.3) is 0 Å². The van der Waals surface area contributed by atoms with Gasteiger partial charge in [-0.15, -0.1) is 0 Å². The van der Waals surface area contributed by atoms with Crippen LogP contribution in [-0.2, 0) is 16.0 Å². The summed E-state index contributed by atoms with van der Waals surface area (Å²) in [6, 6.07) is -1.57. The van der Waals surface area contributed by atoms with Crippen LogP contribution in [0.25, 0.3) is 0 Å². The van der Waals surface area contributed by atoms with Gasteiger partial charge >= 0.3 is 0 Å². The van der Waals surface area contributed by atoms with Crippen molar-refractivity contribution >= 4 is 24.4 Å². The van der Waals surface area contributed by atoms with Crippen LogP contribution in [0.4, 0.5) is 0 Å². The normalized spacial score (nSPS) is 14.0. The summed E-state index contributed by atoms with van der Waals surface area (Å²) in [7, 11) is 0. The Hall–Kier alpha value is -1.54. The highest BCUT2D eigenvalue weighted by Crippen LogP contribution is 1.98.